The van der Waals surface area contributed by atoms with Crippen molar-refractivity contribution in [3.63, 3.8) is 0 Å². The molecule has 2 heterocycles. The molecule has 0 saturated heterocycles. The predicted octanol–water partition coefficient (Wildman–Crippen LogP) is 5.02. The van der Waals surface area contributed by atoms with Gasteiger partial charge in [0.25, 0.3) is 0 Å². The molecule has 7 nitrogen and oxygen atoms in total. The van der Waals surface area contributed by atoms with Gasteiger partial charge in [0.05, 0.1) is 6.61 Å². The van der Waals surface area contributed by atoms with Crippen LogP contribution in [0.4, 0.5) is 30.6 Å². The summed E-state index contributed by atoms with van der Waals surface area (Å²) in [5.74, 6) is 1.23. The summed E-state index contributed by atoms with van der Waals surface area (Å²) < 4.78 is 49.1. The molecule has 30 heavy (non-hydrogen) atoms. The van der Waals surface area contributed by atoms with Crippen molar-refractivity contribution < 1.29 is 22.6 Å². The largest absolute Gasteiger partial charge is 0.492 e. The molecule has 0 aliphatic carbocycles. The number of halogens is 3. The zero-order chi connectivity index (χ0) is 21.7. The van der Waals surface area contributed by atoms with Gasteiger partial charge in [-0.15, -0.1) is 0 Å². The maximum absolute atomic E-state index is 12.8. The highest BCUT2D eigenvalue weighted by atomic mass is 19.4. The zero-order valence-corrected chi connectivity index (χ0v) is 15.9. The molecule has 0 bridgehead atoms. The van der Waals surface area contributed by atoms with Crippen molar-refractivity contribution in [3.05, 3.63) is 66.6 Å². The number of alkyl halides is 3. The van der Waals surface area contributed by atoms with E-state index in [1.807, 2.05) is 6.92 Å². The van der Waals surface area contributed by atoms with Crippen molar-refractivity contribution in [2.24, 2.45) is 0 Å². The normalized spacial score (nSPS) is 11.1. The number of anilines is 3. The first-order valence-corrected chi connectivity index (χ1v) is 8.79. The molecule has 0 amide bonds. The minimum absolute atomic E-state index is 0.0284. The van der Waals surface area contributed by atoms with Gasteiger partial charge in [0.15, 0.2) is 0 Å². The third-order valence-corrected chi connectivity index (χ3v) is 3.73. The number of ether oxygens (including phenoxy) is 2. The lowest BCUT2D eigenvalue weighted by Gasteiger charge is -2.11. The average Bonchev–Trinajstić information content (AvgIpc) is 2.69. The van der Waals surface area contributed by atoms with Gasteiger partial charge >= 0.3 is 6.18 Å². The number of hydrogen-bond acceptors (Lipinski definition) is 7. The first kappa shape index (κ1) is 20.9. The molecule has 0 atom stereocenters. The molecule has 0 saturated carbocycles. The minimum Gasteiger partial charge on any atom is -0.492 e. The predicted molar refractivity (Wildman–Crippen MR) is 106 cm³/mol. The molecule has 1 aromatic carbocycles. The molecule has 0 unspecified atom stereocenters. The van der Waals surface area contributed by atoms with Crippen LogP contribution in [0.3, 0.4) is 0 Å². The van der Waals surface area contributed by atoms with Gasteiger partial charge in [0.1, 0.15) is 34.5 Å². The summed E-state index contributed by atoms with van der Waals surface area (Å²) in [5, 5.41) is 3.06. The van der Waals surface area contributed by atoms with Crippen LogP contribution in [0.2, 0.25) is 0 Å². The van der Waals surface area contributed by atoms with E-state index in [-0.39, 0.29) is 11.7 Å². The molecule has 10 heteroatoms. The van der Waals surface area contributed by atoms with Crippen molar-refractivity contribution >= 4 is 23.2 Å². The Kier molecular flexibility index (Phi) is 6.05. The van der Waals surface area contributed by atoms with Gasteiger partial charge in [-0.3, -0.25) is 4.98 Å². The third kappa shape index (κ3) is 5.37. The van der Waals surface area contributed by atoms with Gasteiger partial charge in [-0.1, -0.05) is 6.58 Å². The van der Waals surface area contributed by atoms with E-state index in [0.717, 1.165) is 12.3 Å². The topological polar surface area (TPSA) is 95.2 Å². The van der Waals surface area contributed by atoms with Gasteiger partial charge in [-0.25, -0.2) is 4.98 Å². The monoisotopic (exact) mass is 417 g/mol. The summed E-state index contributed by atoms with van der Waals surface area (Å²) in [7, 11) is 0. The van der Waals surface area contributed by atoms with Crippen molar-refractivity contribution in [1.82, 2.24) is 15.0 Å². The zero-order valence-electron chi connectivity index (χ0n) is 15.9. The number of nitrogens with two attached hydrogens (primary N) is 1. The van der Waals surface area contributed by atoms with Crippen molar-refractivity contribution in [2.75, 3.05) is 17.7 Å². The Morgan fingerprint density at radius 1 is 1.10 bits per heavy atom. The summed E-state index contributed by atoms with van der Waals surface area (Å²) in [4.78, 5) is 11.5. The van der Waals surface area contributed by atoms with Crippen molar-refractivity contribution in [2.45, 2.75) is 13.1 Å². The quantitative estimate of drug-likeness (QED) is 0.522. The Hall–Kier alpha value is -3.82. The Morgan fingerprint density at radius 3 is 2.50 bits per heavy atom. The van der Waals surface area contributed by atoms with E-state index < -0.39 is 11.9 Å². The van der Waals surface area contributed by atoms with Crippen LogP contribution < -0.4 is 15.8 Å². The molecule has 2 aromatic heterocycles. The average molecular weight is 417 g/mol. The van der Waals surface area contributed by atoms with Gasteiger partial charge in [-0.2, -0.15) is 18.2 Å². The highest BCUT2D eigenvalue weighted by Crippen LogP contribution is 2.31. The fraction of sp³-hybridized carbons (Fsp3) is 0.150. The smallest absolute Gasteiger partial charge is 0.433 e. The van der Waals surface area contributed by atoms with E-state index in [2.05, 4.69) is 26.8 Å². The maximum atomic E-state index is 12.8. The van der Waals surface area contributed by atoms with Crippen LogP contribution in [0.25, 0.3) is 5.76 Å². The molecule has 0 spiro atoms. The number of aromatic nitrogens is 3. The summed E-state index contributed by atoms with van der Waals surface area (Å²) in [5.41, 5.74) is 5.81. The second kappa shape index (κ2) is 8.68. The van der Waals surface area contributed by atoms with Crippen LogP contribution in [0.5, 0.6) is 11.5 Å². The number of hydrogen-bond donors (Lipinski definition) is 2. The molecule has 0 radical (unpaired) electrons. The van der Waals surface area contributed by atoms with E-state index in [1.165, 1.54) is 6.07 Å². The summed E-state index contributed by atoms with van der Waals surface area (Å²) in [6, 6.07) is 10.4. The summed E-state index contributed by atoms with van der Waals surface area (Å²) in [6.07, 6.45) is -3.50. The van der Waals surface area contributed by atoms with Crippen LogP contribution in [0.1, 0.15) is 18.3 Å². The molecular weight excluding hydrogens is 399 g/mol. The van der Waals surface area contributed by atoms with Gasteiger partial charge in [0.2, 0.25) is 5.95 Å². The van der Waals surface area contributed by atoms with Crippen LogP contribution in [0.15, 0.2) is 55.2 Å². The first-order chi connectivity index (χ1) is 14.2. The fourth-order valence-electron chi connectivity index (χ4n) is 2.44. The summed E-state index contributed by atoms with van der Waals surface area (Å²) in [6.45, 7) is 6.06. The number of rotatable bonds is 7. The fourth-order valence-corrected chi connectivity index (χ4v) is 2.44. The standard InChI is InChI=1S/C20H18F3N5O2/c1-3-29-12(2)16-11-18(28-19(24)27-16)26-13-4-6-14(7-5-13)30-15-8-9-25-17(10-15)20(21,22)23/h4-11H,2-3H2,1H3,(H3,24,26,27,28). The Labute approximate surface area is 170 Å². The molecule has 0 aliphatic rings. The molecule has 156 valence electrons. The highest BCUT2D eigenvalue weighted by molar-refractivity contribution is 5.63. The van der Waals surface area contributed by atoms with Crippen LogP contribution in [-0.2, 0) is 10.9 Å². The minimum atomic E-state index is -4.54. The second-order valence-electron chi connectivity index (χ2n) is 5.98. The van der Waals surface area contributed by atoms with Crippen molar-refractivity contribution in [3.8, 4) is 11.5 Å². The lowest BCUT2D eigenvalue weighted by Crippen LogP contribution is -2.07. The summed E-state index contributed by atoms with van der Waals surface area (Å²) >= 11 is 0. The lowest BCUT2D eigenvalue weighted by molar-refractivity contribution is -0.141. The number of nitrogens with zero attached hydrogens (tertiary/aromatic N) is 3. The van der Waals surface area contributed by atoms with Crippen LogP contribution >= 0.6 is 0 Å². The van der Waals surface area contributed by atoms with E-state index in [4.69, 9.17) is 15.2 Å². The molecule has 0 aliphatic heterocycles. The van der Waals surface area contributed by atoms with Crippen LogP contribution in [-0.4, -0.2) is 21.6 Å². The van der Waals surface area contributed by atoms with Gasteiger partial charge in [0, 0.05) is 24.0 Å². The maximum Gasteiger partial charge on any atom is 0.433 e. The number of pyridine rings is 1. The number of nitrogens with one attached hydrogen (secondary N) is 1. The molecule has 0 fully saturated rings. The molecule has 3 N–H and O–H groups in total. The number of nitrogen functional groups attached to an aromatic ring is 1. The second-order valence-corrected chi connectivity index (χ2v) is 5.98. The Morgan fingerprint density at radius 2 is 1.83 bits per heavy atom. The van der Waals surface area contributed by atoms with E-state index in [0.29, 0.717) is 35.3 Å². The van der Waals surface area contributed by atoms with E-state index in [9.17, 15) is 13.2 Å². The Balaban J connectivity index is 1.72. The molecule has 3 aromatic rings. The third-order valence-electron chi connectivity index (χ3n) is 3.73. The number of benzene rings is 1. The first-order valence-electron chi connectivity index (χ1n) is 8.79. The molecule has 3 rings (SSSR count). The molecular formula is C20H18F3N5O2. The SMILES string of the molecule is C=C(OCC)c1cc(Nc2ccc(Oc3ccnc(C(F)(F)F)c3)cc2)nc(N)n1. The Bertz CT molecular complexity index is 1040. The van der Waals surface area contributed by atoms with E-state index >= 15 is 0 Å². The van der Waals surface area contributed by atoms with Gasteiger partial charge in [-0.05, 0) is 37.3 Å². The van der Waals surface area contributed by atoms with Gasteiger partial charge < -0.3 is 20.5 Å². The lowest BCUT2D eigenvalue weighted by atomic mass is 10.3. The van der Waals surface area contributed by atoms with E-state index in [1.54, 1.807) is 30.3 Å². The van der Waals surface area contributed by atoms with Crippen LogP contribution in [0, 0.1) is 0 Å². The highest BCUT2D eigenvalue weighted by Gasteiger charge is 2.32. The van der Waals surface area contributed by atoms with Crippen molar-refractivity contribution in [1.29, 1.82) is 0 Å².